The summed E-state index contributed by atoms with van der Waals surface area (Å²) in [6, 6.07) is 5.74. The highest BCUT2D eigenvalue weighted by Gasteiger charge is 2.18. The molecule has 1 aromatic heterocycles. The van der Waals surface area contributed by atoms with Crippen molar-refractivity contribution in [2.45, 2.75) is 32.4 Å². The third-order valence-electron chi connectivity index (χ3n) is 4.23. The first-order chi connectivity index (χ1) is 12.0. The molecule has 0 saturated carbocycles. The normalized spacial score (nSPS) is 15.9. The maximum Gasteiger partial charge on any atom is 0.246 e. The number of aromatic nitrogens is 4. The summed E-state index contributed by atoms with van der Waals surface area (Å²) in [4.78, 5) is 15.7. The lowest BCUT2D eigenvalue weighted by molar-refractivity contribution is -0.126. The molecule has 2 aromatic rings. The van der Waals surface area contributed by atoms with E-state index in [9.17, 15) is 4.79 Å². The first-order valence-electron chi connectivity index (χ1n) is 8.26. The van der Waals surface area contributed by atoms with Gasteiger partial charge in [-0.3, -0.25) is 4.79 Å². The largest absolute Gasteiger partial charge is 0.339 e. The molecule has 1 fully saturated rings. The van der Waals surface area contributed by atoms with E-state index in [4.69, 9.17) is 17.3 Å². The second-order valence-electron chi connectivity index (χ2n) is 6.21. The molecule has 8 heteroatoms. The quantitative estimate of drug-likeness (QED) is 0.837. The van der Waals surface area contributed by atoms with Gasteiger partial charge in [-0.1, -0.05) is 17.7 Å². The molecule has 2 heterocycles. The molecule has 3 rings (SSSR count). The van der Waals surface area contributed by atoms with Crippen LogP contribution >= 0.6 is 11.6 Å². The minimum Gasteiger partial charge on any atom is -0.339 e. The van der Waals surface area contributed by atoms with E-state index >= 15 is 0 Å². The number of carbonyl (C=O) groups excluding carboxylic acids is 1. The van der Waals surface area contributed by atoms with Crippen molar-refractivity contribution >= 4 is 23.6 Å². The zero-order valence-corrected chi connectivity index (χ0v) is 14.9. The summed E-state index contributed by atoms with van der Waals surface area (Å²) >= 11 is 6.11. The molecule has 0 spiro atoms. The number of carbonyl (C=O) groups is 1. The fourth-order valence-electron chi connectivity index (χ4n) is 2.80. The number of hydrogen-bond donors (Lipinski definition) is 1. The van der Waals surface area contributed by atoms with Crippen LogP contribution in [-0.2, 0) is 11.3 Å². The van der Waals surface area contributed by atoms with E-state index < -0.39 is 0 Å². The van der Waals surface area contributed by atoms with E-state index in [0.717, 1.165) is 24.0 Å². The van der Waals surface area contributed by atoms with E-state index in [1.54, 1.807) is 19.1 Å². The number of aryl methyl sites for hydroxylation is 1. The van der Waals surface area contributed by atoms with Crippen LogP contribution in [0.3, 0.4) is 0 Å². The first kappa shape index (κ1) is 17.6. The highest BCUT2D eigenvalue weighted by molar-refractivity contribution is 6.30. The topological polar surface area (TPSA) is 89.9 Å². The van der Waals surface area contributed by atoms with Crippen molar-refractivity contribution in [2.75, 3.05) is 13.1 Å². The van der Waals surface area contributed by atoms with Gasteiger partial charge in [0.1, 0.15) is 0 Å². The third-order valence-corrected chi connectivity index (χ3v) is 4.46. The number of tetrazole rings is 1. The van der Waals surface area contributed by atoms with Gasteiger partial charge >= 0.3 is 0 Å². The molecule has 1 saturated heterocycles. The Hall–Kier alpha value is -2.25. The van der Waals surface area contributed by atoms with Crippen molar-refractivity contribution < 1.29 is 4.79 Å². The number of likely N-dealkylation sites (tertiary alicyclic amines) is 1. The number of rotatable bonds is 4. The summed E-state index contributed by atoms with van der Waals surface area (Å²) in [7, 11) is 0. The Morgan fingerprint density at radius 2 is 2.16 bits per heavy atom. The lowest BCUT2D eigenvalue weighted by Crippen LogP contribution is -2.42. The van der Waals surface area contributed by atoms with Crippen LogP contribution in [0.15, 0.2) is 24.3 Å². The van der Waals surface area contributed by atoms with Gasteiger partial charge in [-0.25, -0.2) is 0 Å². The van der Waals surface area contributed by atoms with Crippen LogP contribution in [0.1, 0.15) is 29.8 Å². The summed E-state index contributed by atoms with van der Waals surface area (Å²) in [6.07, 6.45) is 5.11. The lowest BCUT2D eigenvalue weighted by Gasteiger charge is -2.29. The smallest absolute Gasteiger partial charge is 0.246 e. The number of hydrogen-bond acceptors (Lipinski definition) is 5. The standard InChI is InChI=1S/C17H21ClN6O/c1-12-20-22-24(21-12)11-14-10-15(18)4-2-13(14)3-5-17(25)23-8-6-16(19)7-9-23/h2-5,10,16H,6-9,11,19H2,1H3. The molecular formula is C17H21ClN6O. The summed E-state index contributed by atoms with van der Waals surface area (Å²) < 4.78 is 0. The molecule has 0 atom stereocenters. The van der Waals surface area contributed by atoms with Gasteiger partial charge in [0.15, 0.2) is 5.82 Å². The number of halogens is 1. The van der Waals surface area contributed by atoms with Crippen molar-refractivity contribution in [3.8, 4) is 0 Å². The van der Waals surface area contributed by atoms with Crippen molar-refractivity contribution in [2.24, 2.45) is 5.73 Å². The zero-order chi connectivity index (χ0) is 17.8. The molecule has 0 bridgehead atoms. The fourth-order valence-corrected chi connectivity index (χ4v) is 3.00. The highest BCUT2D eigenvalue weighted by atomic mass is 35.5. The van der Waals surface area contributed by atoms with Crippen LogP contribution in [-0.4, -0.2) is 50.1 Å². The molecule has 0 radical (unpaired) electrons. The van der Waals surface area contributed by atoms with Crippen LogP contribution in [0.4, 0.5) is 0 Å². The second kappa shape index (κ2) is 7.76. The number of nitrogens with zero attached hydrogens (tertiary/aromatic N) is 5. The molecule has 0 aliphatic carbocycles. The summed E-state index contributed by atoms with van der Waals surface area (Å²) in [5.41, 5.74) is 7.71. The molecule has 2 N–H and O–H groups in total. The summed E-state index contributed by atoms with van der Waals surface area (Å²) in [6.45, 7) is 3.64. The minimum absolute atomic E-state index is 0.00234. The van der Waals surface area contributed by atoms with Crippen molar-refractivity contribution in [1.82, 2.24) is 25.1 Å². The fraction of sp³-hybridized carbons (Fsp3) is 0.412. The number of amides is 1. The highest BCUT2D eigenvalue weighted by Crippen LogP contribution is 2.19. The average molecular weight is 361 g/mol. The Kier molecular flexibility index (Phi) is 5.45. The lowest BCUT2D eigenvalue weighted by atomic mass is 10.1. The van der Waals surface area contributed by atoms with Crippen LogP contribution in [0.5, 0.6) is 0 Å². The van der Waals surface area contributed by atoms with Gasteiger partial charge in [-0.2, -0.15) is 4.80 Å². The molecule has 132 valence electrons. The number of piperidine rings is 1. The minimum atomic E-state index is 0.00234. The van der Waals surface area contributed by atoms with Gasteiger partial charge in [0, 0.05) is 30.2 Å². The van der Waals surface area contributed by atoms with Crippen LogP contribution < -0.4 is 5.73 Å². The van der Waals surface area contributed by atoms with Crippen molar-refractivity contribution in [3.05, 3.63) is 46.2 Å². The van der Waals surface area contributed by atoms with Gasteiger partial charge < -0.3 is 10.6 Å². The second-order valence-corrected chi connectivity index (χ2v) is 6.64. The van der Waals surface area contributed by atoms with Gasteiger partial charge in [-0.05, 0) is 54.3 Å². The average Bonchev–Trinajstić information content (AvgIpc) is 2.99. The van der Waals surface area contributed by atoms with Crippen LogP contribution in [0.25, 0.3) is 6.08 Å². The SMILES string of the molecule is Cc1nnn(Cc2cc(Cl)ccc2C=CC(=O)N2CCC(N)CC2)n1. The van der Waals surface area contributed by atoms with Crippen molar-refractivity contribution in [1.29, 1.82) is 0 Å². The molecule has 1 amide bonds. The maximum absolute atomic E-state index is 12.4. The molecule has 1 aromatic carbocycles. The predicted molar refractivity (Wildman–Crippen MR) is 95.9 cm³/mol. The molecule has 7 nitrogen and oxygen atoms in total. The molecule has 1 aliphatic heterocycles. The van der Waals surface area contributed by atoms with E-state index in [1.807, 2.05) is 23.1 Å². The number of nitrogens with two attached hydrogens (primary N) is 1. The Balaban J connectivity index is 1.74. The van der Waals surface area contributed by atoms with Gasteiger partial charge in [-0.15, -0.1) is 10.2 Å². The van der Waals surface area contributed by atoms with E-state index in [1.165, 1.54) is 4.80 Å². The van der Waals surface area contributed by atoms with Crippen LogP contribution in [0, 0.1) is 6.92 Å². The summed E-state index contributed by atoms with van der Waals surface area (Å²) in [5, 5.41) is 12.7. The Morgan fingerprint density at radius 3 is 2.84 bits per heavy atom. The molecular weight excluding hydrogens is 340 g/mol. The van der Waals surface area contributed by atoms with E-state index in [0.29, 0.717) is 30.5 Å². The van der Waals surface area contributed by atoms with Crippen LogP contribution in [0.2, 0.25) is 5.02 Å². The van der Waals surface area contributed by atoms with Gasteiger partial charge in [0.05, 0.1) is 6.54 Å². The van der Waals surface area contributed by atoms with Gasteiger partial charge in [0.25, 0.3) is 0 Å². The maximum atomic E-state index is 12.4. The molecule has 0 unspecified atom stereocenters. The summed E-state index contributed by atoms with van der Waals surface area (Å²) in [5.74, 6) is 0.611. The first-order valence-corrected chi connectivity index (χ1v) is 8.64. The van der Waals surface area contributed by atoms with Crippen molar-refractivity contribution in [3.63, 3.8) is 0 Å². The Labute approximate surface area is 151 Å². The molecule has 25 heavy (non-hydrogen) atoms. The van der Waals surface area contributed by atoms with Gasteiger partial charge in [0.2, 0.25) is 5.91 Å². The Bertz CT molecular complexity index is 779. The monoisotopic (exact) mass is 360 g/mol. The Morgan fingerprint density at radius 1 is 1.40 bits per heavy atom. The molecule has 1 aliphatic rings. The third kappa shape index (κ3) is 4.64. The zero-order valence-electron chi connectivity index (χ0n) is 14.1. The van der Waals surface area contributed by atoms with E-state index in [-0.39, 0.29) is 11.9 Å². The van der Waals surface area contributed by atoms with E-state index in [2.05, 4.69) is 15.4 Å². The predicted octanol–water partition coefficient (Wildman–Crippen LogP) is 1.65. The number of benzene rings is 1.